The number of nitrogens with zero attached hydrogens (tertiary/aromatic N) is 3. The normalized spacial score (nSPS) is 20.8. The fraction of sp³-hybridized carbons (Fsp3) is 0.759. The van der Waals surface area contributed by atoms with Gasteiger partial charge in [0.05, 0.1) is 12.1 Å². The molecule has 15 N–H and O–H groups in total. The first-order valence-electron chi connectivity index (χ1n) is 16.4. The lowest BCUT2D eigenvalue weighted by atomic mass is 10.0. The van der Waals surface area contributed by atoms with E-state index in [9.17, 15) is 33.9 Å². The standard InChI is InChI=1S/C29H53N11O8/c30-10-2-1-6-18(32)24(44)37-19(7-3-11-31)25(45)38-20(8-4-12-35-29(33)34)27(47)39-13-5-9-21(39)28(48)40-16-17(41)14-22(40)26(46)36-15-23(42)43/h17-22,41H,1-16,30-32H2,(H,36,46)(H,37,44)(H,38,45)(H,42,43)(H4,33,34,35)/t17-,18+,19+,20+,21+,22+/m1/s1. The van der Waals surface area contributed by atoms with Crippen molar-refractivity contribution in [3.05, 3.63) is 0 Å². The maximum Gasteiger partial charge on any atom is 0.322 e. The van der Waals surface area contributed by atoms with E-state index in [0.717, 1.165) is 0 Å². The molecule has 2 fully saturated rings. The predicted octanol–water partition coefficient (Wildman–Crippen LogP) is -4.64. The monoisotopic (exact) mass is 683 g/mol. The number of β-amino-alcohol motifs (C(OH)–C–C–N with tert-alkyl or cyclic N) is 1. The fourth-order valence-corrected chi connectivity index (χ4v) is 5.81. The highest BCUT2D eigenvalue weighted by molar-refractivity contribution is 5.96. The van der Waals surface area contributed by atoms with Gasteiger partial charge in [0, 0.05) is 26.1 Å². The van der Waals surface area contributed by atoms with Crippen molar-refractivity contribution < 1.29 is 39.0 Å². The number of carboxylic acids is 1. The summed E-state index contributed by atoms with van der Waals surface area (Å²) in [5.74, 6) is -4.43. The lowest BCUT2D eigenvalue weighted by Gasteiger charge is -2.33. The summed E-state index contributed by atoms with van der Waals surface area (Å²) < 4.78 is 0. The number of aliphatic carboxylic acids is 1. The number of hydrogen-bond acceptors (Lipinski definition) is 11. The molecule has 272 valence electrons. The van der Waals surface area contributed by atoms with Gasteiger partial charge in [-0.05, 0) is 64.5 Å². The number of aliphatic imine (C=N–C) groups is 1. The Hall–Kier alpha value is -4.07. The van der Waals surface area contributed by atoms with Crippen molar-refractivity contribution in [3.8, 4) is 0 Å². The van der Waals surface area contributed by atoms with Crippen molar-refractivity contribution in [2.45, 2.75) is 101 Å². The molecule has 0 aromatic carbocycles. The SMILES string of the molecule is NCCCC[C@H](N)C(=O)N[C@@H](CCCN)C(=O)N[C@@H](CCCN=C(N)N)C(=O)N1CCC[C@H]1C(=O)N1C[C@H](O)C[C@H]1C(=O)NCC(=O)O. The number of unbranched alkanes of at least 4 members (excludes halogenated alkanes) is 1. The number of carboxylic acid groups (broad SMARTS) is 1. The summed E-state index contributed by atoms with van der Waals surface area (Å²) in [6.07, 6.45) is 2.30. The van der Waals surface area contributed by atoms with Crippen molar-refractivity contribution in [3.63, 3.8) is 0 Å². The molecular weight excluding hydrogens is 630 g/mol. The van der Waals surface area contributed by atoms with Gasteiger partial charge in [-0.1, -0.05) is 6.42 Å². The van der Waals surface area contributed by atoms with Crippen molar-refractivity contribution in [2.75, 3.05) is 39.3 Å². The number of aliphatic hydroxyl groups excluding tert-OH is 1. The van der Waals surface area contributed by atoms with Crippen LogP contribution in [0.3, 0.4) is 0 Å². The van der Waals surface area contributed by atoms with Crippen LogP contribution < -0.4 is 44.6 Å². The number of aliphatic hydroxyl groups is 1. The largest absolute Gasteiger partial charge is 0.480 e. The van der Waals surface area contributed by atoms with Gasteiger partial charge in [-0.15, -0.1) is 0 Å². The molecule has 5 amide bonds. The topological polar surface area (TPSA) is 328 Å². The molecule has 0 radical (unpaired) electrons. The van der Waals surface area contributed by atoms with E-state index in [1.807, 2.05) is 0 Å². The van der Waals surface area contributed by atoms with Gasteiger partial charge in [-0.2, -0.15) is 0 Å². The molecule has 6 atom stereocenters. The van der Waals surface area contributed by atoms with Gasteiger partial charge in [0.1, 0.15) is 30.7 Å². The number of likely N-dealkylation sites (tertiary alicyclic amines) is 2. The number of carbonyl (C=O) groups is 6. The average molecular weight is 684 g/mol. The van der Waals surface area contributed by atoms with E-state index in [2.05, 4.69) is 20.9 Å². The highest BCUT2D eigenvalue weighted by Crippen LogP contribution is 2.26. The summed E-state index contributed by atoms with van der Waals surface area (Å²) in [6.45, 7) is 0.233. The van der Waals surface area contributed by atoms with E-state index in [4.69, 9.17) is 33.8 Å². The van der Waals surface area contributed by atoms with Gasteiger partial charge in [-0.25, -0.2) is 0 Å². The van der Waals surface area contributed by atoms with Gasteiger partial charge in [0.15, 0.2) is 5.96 Å². The number of hydrogen-bond donors (Lipinski definition) is 10. The lowest BCUT2D eigenvalue weighted by molar-refractivity contribution is -0.148. The molecule has 19 heteroatoms. The Morgan fingerprint density at radius 3 is 2.17 bits per heavy atom. The van der Waals surface area contributed by atoms with Crippen molar-refractivity contribution in [1.29, 1.82) is 0 Å². The van der Waals surface area contributed by atoms with Crippen LogP contribution >= 0.6 is 0 Å². The second-order valence-electron chi connectivity index (χ2n) is 12.1. The van der Waals surface area contributed by atoms with E-state index in [1.54, 1.807) is 0 Å². The molecular formula is C29H53N11O8. The van der Waals surface area contributed by atoms with Crippen LogP contribution in [0, 0.1) is 0 Å². The molecule has 2 aliphatic heterocycles. The first-order valence-corrected chi connectivity index (χ1v) is 16.4. The van der Waals surface area contributed by atoms with E-state index < -0.39 is 78.4 Å². The maximum atomic E-state index is 14.0. The number of nitrogens with one attached hydrogen (secondary N) is 3. The van der Waals surface area contributed by atoms with Gasteiger partial charge in [0.2, 0.25) is 29.5 Å². The Labute approximate surface area is 279 Å². The highest BCUT2D eigenvalue weighted by Gasteiger charge is 2.45. The van der Waals surface area contributed by atoms with E-state index in [0.29, 0.717) is 38.6 Å². The number of rotatable bonds is 20. The minimum absolute atomic E-state index is 0.0894. The summed E-state index contributed by atoms with van der Waals surface area (Å²) >= 11 is 0. The maximum absolute atomic E-state index is 14.0. The second kappa shape index (κ2) is 20.3. The zero-order chi connectivity index (χ0) is 35.8. The molecule has 0 aromatic rings. The Kier molecular flexibility index (Phi) is 17.0. The molecule has 0 unspecified atom stereocenters. The number of amides is 5. The van der Waals surface area contributed by atoms with Gasteiger partial charge < -0.3 is 64.6 Å². The molecule has 0 spiro atoms. The van der Waals surface area contributed by atoms with Crippen LogP contribution in [0.25, 0.3) is 0 Å². The molecule has 0 saturated carbocycles. The predicted molar refractivity (Wildman–Crippen MR) is 174 cm³/mol. The van der Waals surface area contributed by atoms with Crippen molar-refractivity contribution in [1.82, 2.24) is 25.8 Å². The smallest absolute Gasteiger partial charge is 0.322 e. The Morgan fingerprint density at radius 1 is 0.854 bits per heavy atom. The summed E-state index contributed by atoms with van der Waals surface area (Å²) in [5.41, 5.74) is 28.1. The summed E-state index contributed by atoms with van der Waals surface area (Å²) in [5, 5.41) is 26.9. The zero-order valence-corrected chi connectivity index (χ0v) is 27.4. The third-order valence-electron chi connectivity index (χ3n) is 8.30. The van der Waals surface area contributed by atoms with Crippen LogP contribution in [0.15, 0.2) is 4.99 Å². The van der Waals surface area contributed by atoms with E-state index in [-0.39, 0.29) is 64.2 Å². The van der Waals surface area contributed by atoms with Crippen LogP contribution in [0.4, 0.5) is 0 Å². The van der Waals surface area contributed by atoms with Gasteiger partial charge in [0.25, 0.3) is 0 Å². The van der Waals surface area contributed by atoms with Gasteiger partial charge >= 0.3 is 5.97 Å². The number of carbonyl (C=O) groups excluding carboxylic acids is 5. The molecule has 0 aliphatic carbocycles. The Balaban J connectivity index is 2.25. The van der Waals surface area contributed by atoms with Crippen LogP contribution in [0.2, 0.25) is 0 Å². The first-order chi connectivity index (χ1) is 22.8. The average Bonchev–Trinajstić information content (AvgIpc) is 3.69. The molecule has 2 aliphatic rings. The molecule has 0 bridgehead atoms. The summed E-state index contributed by atoms with van der Waals surface area (Å²) in [7, 11) is 0. The zero-order valence-electron chi connectivity index (χ0n) is 27.4. The quantitative estimate of drug-likeness (QED) is 0.0328. The molecule has 48 heavy (non-hydrogen) atoms. The summed E-state index contributed by atoms with van der Waals surface area (Å²) in [6, 6.07) is -5.14. The highest BCUT2D eigenvalue weighted by atomic mass is 16.4. The van der Waals surface area contributed by atoms with Crippen LogP contribution in [0.1, 0.15) is 64.2 Å². The molecule has 2 rings (SSSR count). The van der Waals surface area contributed by atoms with Gasteiger partial charge in [-0.3, -0.25) is 33.8 Å². The number of nitrogens with two attached hydrogens (primary N) is 5. The third kappa shape index (κ3) is 12.5. The minimum Gasteiger partial charge on any atom is -0.480 e. The second-order valence-corrected chi connectivity index (χ2v) is 12.1. The molecule has 2 heterocycles. The third-order valence-corrected chi connectivity index (χ3v) is 8.30. The molecule has 19 nitrogen and oxygen atoms in total. The van der Waals surface area contributed by atoms with Crippen LogP contribution in [0.5, 0.6) is 0 Å². The molecule has 0 aromatic heterocycles. The van der Waals surface area contributed by atoms with Crippen LogP contribution in [-0.4, -0.2) is 137 Å². The Bertz CT molecular complexity index is 1150. The van der Waals surface area contributed by atoms with Crippen molar-refractivity contribution >= 4 is 41.5 Å². The van der Waals surface area contributed by atoms with E-state index >= 15 is 0 Å². The first kappa shape index (κ1) is 40.1. The number of guanidine groups is 1. The minimum atomic E-state index is -1.27. The fourth-order valence-electron chi connectivity index (χ4n) is 5.81. The van der Waals surface area contributed by atoms with Crippen molar-refractivity contribution in [2.24, 2.45) is 33.7 Å². The molecule has 2 saturated heterocycles. The lowest BCUT2D eigenvalue weighted by Crippen LogP contribution is -2.58. The van der Waals surface area contributed by atoms with E-state index in [1.165, 1.54) is 9.80 Å². The Morgan fingerprint density at radius 2 is 1.52 bits per heavy atom. The summed E-state index contributed by atoms with van der Waals surface area (Å²) in [4.78, 5) is 84.3. The van der Waals surface area contributed by atoms with Crippen LogP contribution in [-0.2, 0) is 28.8 Å².